The van der Waals surface area contributed by atoms with E-state index < -0.39 is 5.41 Å². The first kappa shape index (κ1) is 9.38. The molecule has 0 spiro atoms. The molecule has 0 saturated heterocycles. The second-order valence-electron chi connectivity index (χ2n) is 4.49. The molecule has 0 fully saturated rings. The van der Waals surface area contributed by atoms with Crippen LogP contribution in [0.2, 0.25) is 0 Å². The van der Waals surface area contributed by atoms with E-state index in [-0.39, 0.29) is 11.6 Å². The number of hydrogen-bond donors (Lipinski definition) is 0. The highest BCUT2D eigenvalue weighted by Crippen LogP contribution is 2.35. The second-order valence-corrected chi connectivity index (χ2v) is 4.49. The molecule has 14 heavy (non-hydrogen) atoms. The lowest BCUT2D eigenvalue weighted by Crippen LogP contribution is -2.31. The lowest BCUT2D eigenvalue weighted by molar-refractivity contribution is 0.0806. The normalized spacial score (nSPS) is 19.2. The minimum atomic E-state index is -0.408. The van der Waals surface area contributed by atoms with Crippen molar-refractivity contribution in [3.8, 4) is 0 Å². The molecule has 0 unspecified atom stereocenters. The van der Waals surface area contributed by atoms with Crippen LogP contribution in [0.25, 0.3) is 0 Å². The molecule has 0 aromatic heterocycles. The molecule has 0 aliphatic heterocycles. The zero-order valence-corrected chi connectivity index (χ0v) is 8.43. The van der Waals surface area contributed by atoms with Gasteiger partial charge in [0.1, 0.15) is 5.82 Å². The van der Waals surface area contributed by atoms with Crippen LogP contribution in [-0.2, 0) is 6.42 Å². The number of ketones is 1. The van der Waals surface area contributed by atoms with Gasteiger partial charge in [0.15, 0.2) is 5.78 Å². The first-order chi connectivity index (χ1) is 6.52. The Morgan fingerprint density at radius 3 is 2.79 bits per heavy atom. The van der Waals surface area contributed by atoms with E-state index in [1.165, 1.54) is 6.07 Å². The van der Waals surface area contributed by atoms with Gasteiger partial charge in [-0.25, -0.2) is 4.39 Å². The predicted octanol–water partition coefficient (Wildman–Crippen LogP) is 2.98. The molecule has 0 radical (unpaired) electrons. The molecule has 0 atom stereocenters. The van der Waals surface area contributed by atoms with Crippen molar-refractivity contribution in [1.29, 1.82) is 0 Å². The number of carbonyl (C=O) groups excluding carboxylic acids is 1. The predicted molar refractivity (Wildman–Crippen MR) is 52.8 cm³/mol. The molecule has 0 amide bonds. The second kappa shape index (κ2) is 2.91. The minimum Gasteiger partial charge on any atom is -0.293 e. The molecule has 2 rings (SSSR count). The number of halogens is 1. The van der Waals surface area contributed by atoms with Crippen molar-refractivity contribution >= 4 is 5.78 Å². The Kier molecular flexibility index (Phi) is 1.95. The molecule has 1 aliphatic rings. The van der Waals surface area contributed by atoms with Crippen LogP contribution in [0.4, 0.5) is 4.39 Å². The van der Waals surface area contributed by atoms with Gasteiger partial charge in [-0.3, -0.25) is 4.79 Å². The SMILES string of the molecule is CC1(C)CCc2cccc(F)c2C1=O. The summed E-state index contributed by atoms with van der Waals surface area (Å²) >= 11 is 0. The Morgan fingerprint density at radius 2 is 2.07 bits per heavy atom. The molecule has 1 aliphatic carbocycles. The van der Waals surface area contributed by atoms with Gasteiger partial charge in [-0.05, 0) is 24.5 Å². The van der Waals surface area contributed by atoms with Crippen molar-refractivity contribution in [2.24, 2.45) is 5.41 Å². The van der Waals surface area contributed by atoms with Crippen molar-refractivity contribution in [3.63, 3.8) is 0 Å². The Labute approximate surface area is 82.9 Å². The summed E-state index contributed by atoms with van der Waals surface area (Å²) in [6.07, 6.45) is 1.61. The lowest BCUT2D eigenvalue weighted by atomic mass is 9.73. The fourth-order valence-electron chi connectivity index (χ4n) is 1.93. The average molecular weight is 192 g/mol. The molecule has 1 aromatic carbocycles. The molecule has 1 nitrogen and oxygen atoms in total. The Hall–Kier alpha value is -1.18. The maximum absolute atomic E-state index is 13.4. The van der Waals surface area contributed by atoms with Gasteiger partial charge >= 0.3 is 0 Å². The van der Waals surface area contributed by atoms with Gasteiger partial charge in [-0.2, -0.15) is 0 Å². The summed E-state index contributed by atoms with van der Waals surface area (Å²) in [5, 5.41) is 0. The van der Waals surface area contributed by atoms with E-state index in [4.69, 9.17) is 0 Å². The fraction of sp³-hybridized carbons (Fsp3) is 0.417. The molecular formula is C12H13FO. The van der Waals surface area contributed by atoms with E-state index >= 15 is 0 Å². The molecule has 0 saturated carbocycles. The van der Waals surface area contributed by atoms with E-state index in [1.807, 2.05) is 19.9 Å². The third kappa shape index (κ3) is 1.26. The topological polar surface area (TPSA) is 17.1 Å². The van der Waals surface area contributed by atoms with E-state index in [0.29, 0.717) is 5.56 Å². The lowest BCUT2D eigenvalue weighted by Gasteiger charge is -2.29. The maximum Gasteiger partial charge on any atom is 0.171 e. The number of fused-ring (bicyclic) bond motifs is 1. The van der Waals surface area contributed by atoms with Gasteiger partial charge in [0.25, 0.3) is 0 Å². The van der Waals surface area contributed by atoms with E-state index in [1.54, 1.807) is 6.07 Å². The number of hydrogen-bond acceptors (Lipinski definition) is 1. The first-order valence-corrected chi connectivity index (χ1v) is 4.84. The quantitative estimate of drug-likeness (QED) is 0.617. The molecule has 0 bridgehead atoms. The molecular weight excluding hydrogens is 179 g/mol. The van der Waals surface area contributed by atoms with Crippen LogP contribution in [0, 0.1) is 11.2 Å². The van der Waals surface area contributed by atoms with Crippen molar-refractivity contribution < 1.29 is 9.18 Å². The summed E-state index contributed by atoms with van der Waals surface area (Å²) in [5.41, 5.74) is 0.757. The van der Waals surface area contributed by atoms with E-state index in [0.717, 1.165) is 18.4 Å². The van der Waals surface area contributed by atoms with Gasteiger partial charge in [0, 0.05) is 5.41 Å². The Bertz CT molecular complexity index is 393. The number of carbonyl (C=O) groups is 1. The van der Waals surface area contributed by atoms with Crippen LogP contribution in [0.3, 0.4) is 0 Å². The molecule has 1 aromatic rings. The highest BCUT2D eigenvalue weighted by atomic mass is 19.1. The zero-order chi connectivity index (χ0) is 10.3. The van der Waals surface area contributed by atoms with Crippen LogP contribution >= 0.6 is 0 Å². The van der Waals surface area contributed by atoms with E-state index in [2.05, 4.69) is 0 Å². The highest BCUT2D eigenvalue weighted by Gasteiger charge is 2.35. The van der Waals surface area contributed by atoms with Crippen molar-refractivity contribution in [2.75, 3.05) is 0 Å². The average Bonchev–Trinajstić information content (AvgIpc) is 2.12. The molecule has 74 valence electrons. The summed E-state index contributed by atoms with van der Waals surface area (Å²) in [4.78, 5) is 11.9. The third-order valence-electron chi connectivity index (χ3n) is 2.96. The van der Waals surface area contributed by atoms with Crippen molar-refractivity contribution in [3.05, 3.63) is 35.1 Å². The number of benzene rings is 1. The van der Waals surface area contributed by atoms with Crippen LogP contribution in [0.5, 0.6) is 0 Å². The van der Waals surface area contributed by atoms with Crippen LogP contribution in [-0.4, -0.2) is 5.78 Å². The third-order valence-corrected chi connectivity index (χ3v) is 2.96. The molecule has 0 N–H and O–H groups in total. The fourth-order valence-corrected chi connectivity index (χ4v) is 1.93. The minimum absolute atomic E-state index is 0.0585. The van der Waals surface area contributed by atoms with E-state index in [9.17, 15) is 9.18 Å². The van der Waals surface area contributed by atoms with Crippen LogP contribution in [0.15, 0.2) is 18.2 Å². The summed E-state index contributed by atoms with van der Waals surface area (Å²) in [7, 11) is 0. The zero-order valence-electron chi connectivity index (χ0n) is 8.43. The number of aryl methyl sites for hydroxylation is 1. The van der Waals surface area contributed by atoms with Gasteiger partial charge in [0.05, 0.1) is 5.56 Å². The van der Waals surface area contributed by atoms with Gasteiger partial charge in [0.2, 0.25) is 0 Å². The summed E-state index contributed by atoms with van der Waals surface area (Å²) in [6, 6.07) is 4.86. The molecule has 2 heteroatoms. The van der Waals surface area contributed by atoms with Gasteiger partial charge in [-0.1, -0.05) is 26.0 Å². The standard InChI is InChI=1S/C12H13FO/c1-12(2)7-6-8-4-3-5-9(13)10(8)11(12)14/h3-5H,6-7H2,1-2H3. The highest BCUT2D eigenvalue weighted by molar-refractivity contribution is 6.02. The summed E-state index contributed by atoms with van der Waals surface area (Å²) in [5.74, 6) is -0.433. The van der Waals surface area contributed by atoms with Crippen LogP contribution in [0.1, 0.15) is 36.2 Å². The van der Waals surface area contributed by atoms with Crippen molar-refractivity contribution in [2.45, 2.75) is 26.7 Å². The smallest absolute Gasteiger partial charge is 0.171 e. The van der Waals surface area contributed by atoms with Crippen molar-refractivity contribution in [1.82, 2.24) is 0 Å². The first-order valence-electron chi connectivity index (χ1n) is 4.84. The number of rotatable bonds is 0. The number of Topliss-reactive ketones (excluding diaryl/α,β-unsaturated/α-hetero) is 1. The van der Waals surface area contributed by atoms with Gasteiger partial charge < -0.3 is 0 Å². The summed E-state index contributed by atoms with van der Waals surface area (Å²) < 4.78 is 13.4. The van der Waals surface area contributed by atoms with Gasteiger partial charge in [-0.15, -0.1) is 0 Å². The summed E-state index contributed by atoms with van der Waals surface area (Å²) in [6.45, 7) is 3.76. The monoisotopic (exact) mass is 192 g/mol. The maximum atomic E-state index is 13.4. The molecule has 0 heterocycles. The Balaban J connectivity index is 2.60. The largest absolute Gasteiger partial charge is 0.293 e. The van der Waals surface area contributed by atoms with Crippen LogP contribution < -0.4 is 0 Å². The Morgan fingerprint density at radius 1 is 1.36 bits per heavy atom.